The molecule has 1 N–H and O–H groups in total. The highest BCUT2D eigenvalue weighted by Crippen LogP contribution is 2.21. The molecule has 1 aromatic heterocycles. The number of carbonyl (C=O) groups excluding carboxylic acids is 1. The number of aromatic nitrogens is 2. The molecule has 1 heterocycles. The first-order chi connectivity index (χ1) is 14.1. The van der Waals surface area contributed by atoms with Gasteiger partial charge < -0.3 is 10.1 Å². The van der Waals surface area contributed by atoms with Gasteiger partial charge in [-0.15, -0.1) is 0 Å². The van der Waals surface area contributed by atoms with Crippen LogP contribution in [0.2, 0.25) is 0 Å². The predicted octanol–water partition coefficient (Wildman–Crippen LogP) is 3.79. The summed E-state index contributed by atoms with van der Waals surface area (Å²) in [6.07, 6.45) is 1.41. The van der Waals surface area contributed by atoms with Crippen molar-refractivity contribution in [2.24, 2.45) is 0 Å². The van der Waals surface area contributed by atoms with Crippen LogP contribution in [0.1, 0.15) is 10.4 Å². The van der Waals surface area contributed by atoms with Gasteiger partial charge in [0.15, 0.2) is 0 Å². The summed E-state index contributed by atoms with van der Waals surface area (Å²) in [7, 11) is 1.53. The van der Waals surface area contributed by atoms with Crippen LogP contribution in [0.15, 0.2) is 77.9 Å². The maximum absolute atomic E-state index is 13.0. The maximum atomic E-state index is 13.0. The Kier molecular flexibility index (Phi) is 4.78. The monoisotopic (exact) mass is 389 g/mol. The summed E-state index contributed by atoms with van der Waals surface area (Å²) in [5, 5.41) is 3.06. The van der Waals surface area contributed by atoms with Gasteiger partial charge in [-0.3, -0.25) is 14.2 Å². The Bertz CT molecular complexity index is 1270. The minimum absolute atomic E-state index is 0.273. The number of ether oxygens (including phenoxy) is 1. The summed E-state index contributed by atoms with van der Waals surface area (Å²) in [4.78, 5) is 29.7. The summed E-state index contributed by atoms with van der Waals surface area (Å²) in [5.74, 6) is -0.218. The largest absolute Gasteiger partial charge is 0.495 e. The second-order valence-corrected chi connectivity index (χ2v) is 6.28. The zero-order valence-corrected chi connectivity index (χ0v) is 15.4. The number of nitrogens with one attached hydrogen (secondary N) is 1. The van der Waals surface area contributed by atoms with E-state index in [0.717, 1.165) is 0 Å². The second-order valence-electron chi connectivity index (χ2n) is 6.28. The average Bonchev–Trinajstić information content (AvgIpc) is 2.75. The van der Waals surface area contributed by atoms with Crippen molar-refractivity contribution in [2.75, 3.05) is 12.4 Å². The van der Waals surface area contributed by atoms with Crippen LogP contribution in [0.3, 0.4) is 0 Å². The van der Waals surface area contributed by atoms with E-state index in [2.05, 4.69) is 10.3 Å². The maximum Gasteiger partial charge on any atom is 0.265 e. The third-order valence-electron chi connectivity index (χ3n) is 4.47. The summed E-state index contributed by atoms with van der Waals surface area (Å²) < 4.78 is 19.7. The Labute approximate surface area is 165 Å². The van der Waals surface area contributed by atoms with Gasteiger partial charge in [-0.2, -0.15) is 0 Å². The average molecular weight is 389 g/mol. The number of amides is 1. The van der Waals surface area contributed by atoms with E-state index in [1.54, 1.807) is 36.4 Å². The Morgan fingerprint density at radius 1 is 1.07 bits per heavy atom. The number of methoxy groups -OCH3 is 1. The van der Waals surface area contributed by atoms with Gasteiger partial charge in [0.25, 0.3) is 11.5 Å². The van der Waals surface area contributed by atoms with Crippen LogP contribution in [-0.2, 0) is 0 Å². The Balaban J connectivity index is 1.70. The predicted molar refractivity (Wildman–Crippen MR) is 108 cm³/mol. The van der Waals surface area contributed by atoms with E-state index in [9.17, 15) is 14.0 Å². The molecule has 7 heteroatoms. The van der Waals surface area contributed by atoms with Gasteiger partial charge in [0.05, 0.1) is 23.7 Å². The lowest BCUT2D eigenvalue weighted by atomic mass is 10.1. The molecule has 144 valence electrons. The molecule has 0 saturated carbocycles. The van der Waals surface area contributed by atoms with Crippen LogP contribution >= 0.6 is 0 Å². The van der Waals surface area contributed by atoms with Crippen LogP contribution < -0.4 is 15.6 Å². The SMILES string of the molecule is COc1ccccc1-n1cnc2cc(C(=O)Nc3ccc(F)cc3)ccc2c1=O. The number of fused-ring (bicyclic) bond motifs is 1. The fraction of sp³-hybridized carbons (Fsp3) is 0.0455. The first-order valence-electron chi connectivity index (χ1n) is 8.78. The molecule has 0 unspecified atom stereocenters. The van der Waals surface area contributed by atoms with E-state index in [4.69, 9.17) is 4.74 Å². The first kappa shape index (κ1) is 18.4. The lowest BCUT2D eigenvalue weighted by molar-refractivity contribution is 0.102. The van der Waals surface area contributed by atoms with Gasteiger partial charge in [0, 0.05) is 11.3 Å². The zero-order valence-electron chi connectivity index (χ0n) is 15.4. The summed E-state index contributed by atoms with van der Waals surface area (Å²) in [5.41, 5.74) is 1.50. The molecular weight excluding hydrogens is 373 g/mol. The van der Waals surface area contributed by atoms with Crippen molar-refractivity contribution in [3.8, 4) is 11.4 Å². The summed E-state index contributed by atoms with van der Waals surface area (Å²) in [6.45, 7) is 0. The second kappa shape index (κ2) is 7.55. The van der Waals surface area contributed by atoms with Crippen molar-refractivity contribution in [1.29, 1.82) is 0 Å². The number of carbonyl (C=O) groups is 1. The first-order valence-corrected chi connectivity index (χ1v) is 8.78. The van der Waals surface area contributed by atoms with Crippen LogP contribution in [0, 0.1) is 5.82 Å². The molecule has 0 saturated heterocycles. The number of rotatable bonds is 4. The smallest absolute Gasteiger partial charge is 0.265 e. The summed E-state index contributed by atoms with van der Waals surface area (Å²) >= 11 is 0. The quantitative estimate of drug-likeness (QED) is 0.576. The number of benzene rings is 3. The number of hydrogen-bond acceptors (Lipinski definition) is 4. The molecular formula is C22H16FN3O3. The molecule has 0 aliphatic carbocycles. The highest BCUT2D eigenvalue weighted by Gasteiger charge is 2.12. The fourth-order valence-electron chi connectivity index (χ4n) is 3.00. The van der Waals surface area contributed by atoms with Crippen LogP contribution in [0.4, 0.5) is 10.1 Å². The number of anilines is 1. The van der Waals surface area contributed by atoms with E-state index >= 15 is 0 Å². The normalized spacial score (nSPS) is 10.7. The van der Waals surface area contributed by atoms with E-state index in [1.807, 2.05) is 6.07 Å². The Morgan fingerprint density at radius 2 is 1.83 bits per heavy atom. The minimum Gasteiger partial charge on any atom is -0.495 e. The Hall–Kier alpha value is -4.00. The third-order valence-corrected chi connectivity index (χ3v) is 4.47. The highest BCUT2D eigenvalue weighted by molar-refractivity contribution is 6.06. The van der Waals surface area contributed by atoms with Crippen LogP contribution in [-0.4, -0.2) is 22.6 Å². The molecule has 0 atom stereocenters. The molecule has 0 radical (unpaired) electrons. The van der Waals surface area contributed by atoms with Crippen molar-refractivity contribution >= 4 is 22.5 Å². The van der Waals surface area contributed by atoms with Gasteiger partial charge in [-0.05, 0) is 54.6 Å². The molecule has 1 amide bonds. The van der Waals surface area contributed by atoms with Gasteiger partial charge in [0.2, 0.25) is 0 Å². The van der Waals surface area contributed by atoms with E-state index < -0.39 is 0 Å². The van der Waals surface area contributed by atoms with Crippen LogP contribution in [0.5, 0.6) is 5.75 Å². The zero-order chi connectivity index (χ0) is 20.4. The molecule has 0 spiro atoms. The molecule has 0 aliphatic rings. The fourth-order valence-corrected chi connectivity index (χ4v) is 3.00. The van der Waals surface area contributed by atoms with Crippen LogP contribution in [0.25, 0.3) is 16.6 Å². The molecule has 6 nitrogen and oxygen atoms in total. The molecule has 29 heavy (non-hydrogen) atoms. The summed E-state index contributed by atoms with van der Waals surface area (Å²) in [6, 6.07) is 17.3. The third kappa shape index (κ3) is 3.58. The van der Waals surface area contributed by atoms with Gasteiger partial charge in [0.1, 0.15) is 17.9 Å². The number of halogens is 1. The Morgan fingerprint density at radius 3 is 2.59 bits per heavy atom. The van der Waals surface area contributed by atoms with Gasteiger partial charge >= 0.3 is 0 Å². The van der Waals surface area contributed by atoms with Gasteiger partial charge in [-0.1, -0.05) is 12.1 Å². The standard InChI is InChI=1S/C22H16FN3O3/c1-29-20-5-3-2-4-19(20)26-13-24-18-12-14(6-11-17(18)22(26)28)21(27)25-16-9-7-15(23)8-10-16/h2-13H,1H3,(H,25,27). The van der Waals surface area contributed by atoms with Crippen molar-refractivity contribution in [3.63, 3.8) is 0 Å². The van der Waals surface area contributed by atoms with Crippen molar-refractivity contribution < 1.29 is 13.9 Å². The number of nitrogens with zero attached hydrogens (tertiary/aromatic N) is 2. The van der Waals surface area contributed by atoms with Crippen molar-refractivity contribution in [1.82, 2.24) is 9.55 Å². The van der Waals surface area contributed by atoms with Crippen molar-refractivity contribution in [2.45, 2.75) is 0 Å². The number of hydrogen-bond donors (Lipinski definition) is 1. The van der Waals surface area contributed by atoms with Gasteiger partial charge in [-0.25, -0.2) is 9.37 Å². The topological polar surface area (TPSA) is 73.2 Å². The number of para-hydroxylation sites is 2. The molecule has 4 rings (SSSR count). The van der Waals surface area contributed by atoms with E-state index in [-0.39, 0.29) is 17.3 Å². The minimum atomic E-state index is -0.385. The lowest BCUT2D eigenvalue weighted by Crippen LogP contribution is -2.20. The van der Waals surface area contributed by atoms with E-state index in [0.29, 0.717) is 33.6 Å². The molecule has 0 aliphatic heterocycles. The molecule has 0 bridgehead atoms. The van der Waals surface area contributed by atoms with E-state index in [1.165, 1.54) is 42.3 Å². The lowest BCUT2D eigenvalue weighted by Gasteiger charge is -2.11. The molecule has 0 fully saturated rings. The molecule has 4 aromatic rings. The highest BCUT2D eigenvalue weighted by atomic mass is 19.1. The van der Waals surface area contributed by atoms with Crippen molar-refractivity contribution in [3.05, 3.63) is 94.8 Å². The molecule has 3 aromatic carbocycles.